The van der Waals surface area contributed by atoms with Crippen LogP contribution in [0.4, 0.5) is 5.69 Å². The molecule has 5 rings (SSSR count). The number of benzene rings is 3. The molecule has 174 valence electrons. The molecule has 5 nitrogen and oxygen atoms in total. The smallest absolute Gasteiger partial charge is 0.248 e. The summed E-state index contributed by atoms with van der Waals surface area (Å²) in [4.78, 5) is 17.0. The van der Waals surface area contributed by atoms with Gasteiger partial charge in [0.1, 0.15) is 17.0 Å². The summed E-state index contributed by atoms with van der Waals surface area (Å²) in [6.07, 6.45) is 3.06. The first-order chi connectivity index (χ1) is 16.9. The van der Waals surface area contributed by atoms with Crippen molar-refractivity contribution >= 4 is 40.4 Å². The number of anilines is 1. The van der Waals surface area contributed by atoms with Crippen LogP contribution in [0.1, 0.15) is 22.5 Å². The Hall–Kier alpha value is -4.09. The molecule has 1 amide bonds. The van der Waals surface area contributed by atoms with Gasteiger partial charge in [-0.2, -0.15) is 0 Å². The molecule has 0 atom stereocenters. The second-order valence-corrected chi connectivity index (χ2v) is 8.90. The molecule has 0 unspecified atom stereocenters. The Morgan fingerprint density at radius 1 is 0.857 bits per heavy atom. The standard InChI is InChI=1S/C29H23ClN2O3/c1-17-4-5-21(16-24(17)30)26-12-10-23(34-26)11-13-28(33)31-22-8-6-20(7-9-22)29-32-25-14-18(2)19(3)15-27(25)35-29/h4-16H,1-3H3,(H,31,33)/b13-11+. The van der Waals surface area contributed by atoms with E-state index in [0.29, 0.717) is 28.1 Å². The minimum absolute atomic E-state index is 0.262. The third-order valence-corrected chi connectivity index (χ3v) is 6.29. The summed E-state index contributed by atoms with van der Waals surface area (Å²) in [7, 11) is 0. The number of aromatic nitrogens is 1. The second kappa shape index (κ2) is 9.28. The van der Waals surface area contributed by atoms with Gasteiger partial charge in [0.05, 0.1) is 0 Å². The van der Waals surface area contributed by atoms with Crippen molar-refractivity contribution in [3.8, 4) is 22.8 Å². The number of amides is 1. The summed E-state index contributed by atoms with van der Waals surface area (Å²) in [6, 6.07) is 20.8. The quantitative estimate of drug-likeness (QED) is 0.258. The molecule has 0 aliphatic heterocycles. The third-order valence-electron chi connectivity index (χ3n) is 5.89. The molecule has 2 aromatic heterocycles. The number of furan rings is 1. The van der Waals surface area contributed by atoms with Crippen molar-refractivity contribution in [2.45, 2.75) is 20.8 Å². The van der Waals surface area contributed by atoms with E-state index in [1.807, 2.05) is 80.6 Å². The van der Waals surface area contributed by atoms with Crippen molar-refractivity contribution in [3.05, 3.63) is 100 Å². The lowest BCUT2D eigenvalue weighted by molar-refractivity contribution is -0.111. The Morgan fingerprint density at radius 3 is 2.37 bits per heavy atom. The van der Waals surface area contributed by atoms with Gasteiger partial charge in [-0.25, -0.2) is 4.98 Å². The number of aryl methyl sites for hydroxylation is 3. The average molecular weight is 483 g/mol. The summed E-state index contributed by atoms with van der Waals surface area (Å²) < 4.78 is 11.7. The van der Waals surface area contributed by atoms with Gasteiger partial charge in [-0.05, 0) is 98.1 Å². The van der Waals surface area contributed by atoms with Crippen LogP contribution >= 0.6 is 11.6 Å². The van der Waals surface area contributed by atoms with Crippen LogP contribution in [-0.4, -0.2) is 10.9 Å². The zero-order valence-electron chi connectivity index (χ0n) is 19.6. The fourth-order valence-corrected chi connectivity index (χ4v) is 3.87. The van der Waals surface area contributed by atoms with Gasteiger partial charge in [0, 0.05) is 27.9 Å². The molecule has 35 heavy (non-hydrogen) atoms. The van der Waals surface area contributed by atoms with E-state index in [9.17, 15) is 4.79 Å². The number of hydrogen-bond acceptors (Lipinski definition) is 4. The van der Waals surface area contributed by atoms with E-state index in [2.05, 4.69) is 17.2 Å². The average Bonchev–Trinajstić information content (AvgIpc) is 3.47. The molecule has 0 bridgehead atoms. The lowest BCUT2D eigenvalue weighted by Gasteiger charge is -2.03. The van der Waals surface area contributed by atoms with Gasteiger partial charge in [0.15, 0.2) is 5.58 Å². The first-order valence-electron chi connectivity index (χ1n) is 11.2. The van der Waals surface area contributed by atoms with E-state index in [1.54, 1.807) is 6.08 Å². The Morgan fingerprint density at radius 2 is 1.60 bits per heavy atom. The third kappa shape index (κ3) is 4.91. The molecule has 0 saturated heterocycles. The maximum Gasteiger partial charge on any atom is 0.248 e. The molecule has 0 saturated carbocycles. The van der Waals surface area contributed by atoms with Crippen molar-refractivity contribution in [2.24, 2.45) is 0 Å². The number of oxazole rings is 1. The van der Waals surface area contributed by atoms with E-state index >= 15 is 0 Å². The van der Waals surface area contributed by atoms with E-state index in [4.69, 9.17) is 20.4 Å². The number of halogens is 1. The number of nitrogens with one attached hydrogen (secondary N) is 1. The molecule has 0 radical (unpaired) electrons. The largest absolute Gasteiger partial charge is 0.457 e. The number of nitrogens with zero attached hydrogens (tertiary/aromatic N) is 1. The second-order valence-electron chi connectivity index (χ2n) is 8.49. The number of carbonyl (C=O) groups excluding carboxylic acids is 1. The fourth-order valence-electron chi connectivity index (χ4n) is 3.68. The van der Waals surface area contributed by atoms with Crippen LogP contribution in [0.5, 0.6) is 0 Å². The highest BCUT2D eigenvalue weighted by molar-refractivity contribution is 6.31. The number of carbonyl (C=O) groups is 1. The van der Waals surface area contributed by atoms with Gasteiger partial charge in [-0.1, -0.05) is 23.7 Å². The Kier molecular flexibility index (Phi) is 6.01. The van der Waals surface area contributed by atoms with Crippen LogP contribution in [0, 0.1) is 20.8 Å². The zero-order chi connectivity index (χ0) is 24.5. The van der Waals surface area contributed by atoms with E-state index < -0.39 is 0 Å². The monoisotopic (exact) mass is 482 g/mol. The van der Waals surface area contributed by atoms with Crippen molar-refractivity contribution in [1.29, 1.82) is 0 Å². The zero-order valence-corrected chi connectivity index (χ0v) is 20.3. The highest BCUT2D eigenvalue weighted by Gasteiger charge is 2.10. The highest BCUT2D eigenvalue weighted by atomic mass is 35.5. The predicted molar refractivity (Wildman–Crippen MR) is 140 cm³/mol. The van der Waals surface area contributed by atoms with Gasteiger partial charge < -0.3 is 14.2 Å². The molecular weight excluding hydrogens is 460 g/mol. The summed E-state index contributed by atoms with van der Waals surface area (Å²) in [6.45, 7) is 6.06. The first kappa shape index (κ1) is 22.7. The molecule has 0 spiro atoms. The SMILES string of the molecule is Cc1cc2nc(-c3ccc(NC(=O)/C=C/c4ccc(-c5ccc(C)c(Cl)c5)o4)cc3)oc2cc1C. The minimum Gasteiger partial charge on any atom is -0.457 e. The van der Waals surface area contributed by atoms with Crippen LogP contribution in [-0.2, 0) is 4.79 Å². The normalized spacial score (nSPS) is 11.4. The summed E-state index contributed by atoms with van der Waals surface area (Å²) >= 11 is 6.21. The lowest BCUT2D eigenvalue weighted by Crippen LogP contribution is -2.07. The van der Waals surface area contributed by atoms with Gasteiger partial charge >= 0.3 is 0 Å². The van der Waals surface area contributed by atoms with Crippen LogP contribution in [0.2, 0.25) is 5.02 Å². The summed E-state index contributed by atoms with van der Waals surface area (Å²) in [5, 5.41) is 3.53. The van der Waals surface area contributed by atoms with Crippen molar-refractivity contribution in [1.82, 2.24) is 4.98 Å². The van der Waals surface area contributed by atoms with E-state index in [0.717, 1.165) is 33.4 Å². The van der Waals surface area contributed by atoms with Crippen LogP contribution in [0.25, 0.3) is 40.0 Å². The van der Waals surface area contributed by atoms with E-state index in [1.165, 1.54) is 11.6 Å². The molecule has 0 aliphatic carbocycles. The van der Waals surface area contributed by atoms with Gasteiger partial charge in [0.2, 0.25) is 11.8 Å². The van der Waals surface area contributed by atoms with Crippen LogP contribution in [0.15, 0.2) is 81.6 Å². The van der Waals surface area contributed by atoms with Gasteiger partial charge in [-0.15, -0.1) is 0 Å². The van der Waals surface area contributed by atoms with E-state index in [-0.39, 0.29) is 5.91 Å². The topological polar surface area (TPSA) is 68.3 Å². The molecule has 0 aliphatic rings. The maximum absolute atomic E-state index is 12.4. The van der Waals surface area contributed by atoms with Crippen LogP contribution in [0.3, 0.4) is 0 Å². The fraction of sp³-hybridized carbons (Fsp3) is 0.103. The number of fused-ring (bicyclic) bond motifs is 1. The Balaban J connectivity index is 1.24. The molecule has 2 heterocycles. The van der Waals surface area contributed by atoms with Crippen molar-refractivity contribution in [2.75, 3.05) is 5.32 Å². The van der Waals surface area contributed by atoms with Gasteiger partial charge in [-0.3, -0.25) is 4.79 Å². The number of rotatable bonds is 5. The molecule has 6 heteroatoms. The van der Waals surface area contributed by atoms with Crippen molar-refractivity contribution in [3.63, 3.8) is 0 Å². The molecule has 0 fully saturated rings. The predicted octanol–water partition coefficient (Wildman–Crippen LogP) is 7.99. The van der Waals surface area contributed by atoms with Crippen molar-refractivity contribution < 1.29 is 13.6 Å². The highest BCUT2D eigenvalue weighted by Crippen LogP contribution is 2.28. The van der Waals surface area contributed by atoms with Gasteiger partial charge in [0.25, 0.3) is 0 Å². The minimum atomic E-state index is -0.262. The summed E-state index contributed by atoms with van der Waals surface area (Å²) in [5.41, 5.74) is 7.32. The Labute approximate surface area is 208 Å². The summed E-state index contributed by atoms with van der Waals surface area (Å²) in [5.74, 6) is 1.55. The molecule has 5 aromatic rings. The maximum atomic E-state index is 12.4. The molecule has 3 aromatic carbocycles. The Bertz CT molecular complexity index is 1540. The molecular formula is C29H23ClN2O3. The first-order valence-corrected chi connectivity index (χ1v) is 11.6. The lowest BCUT2D eigenvalue weighted by atomic mass is 10.1. The number of hydrogen-bond donors (Lipinski definition) is 1. The molecule has 1 N–H and O–H groups in total. The van der Waals surface area contributed by atoms with Crippen LogP contribution < -0.4 is 5.32 Å².